The molecule has 2 aliphatic heterocycles. The molecular formula is C8H9NO7. The van der Waals surface area contributed by atoms with E-state index in [-0.39, 0.29) is 13.0 Å². The molecule has 2 fully saturated rings. The summed E-state index contributed by atoms with van der Waals surface area (Å²) in [5.41, 5.74) is 0. The van der Waals surface area contributed by atoms with Gasteiger partial charge in [-0.15, -0.1) is 0 Å². The van der Waals surface area contributed by atoms with E-state index in [9.17, 15) is 24.6 Å². The van der Waals surface area contributed by atoms with Crippen LogP contribution in [0.5, 0.6) is 0 Å². The number of carbonyl (C=O) groups is 3. The summed E-state index contributed by atoms with van der Waals surface area (Å²) in [6, 6.07) is 0. The van der Waals surface area contributed by atoms with E-state index in [1.54, 1.807) is 0 Å². The molecule has 0 aliphatic carbocycles. The molecule has 0 spiro atoms. The second kappa shape index (κ2) is 3.72. The summed E-state index contributed by atoms with van der Waals surface area (Å²) in [7, 11) is 0. The lowest BCUT2D eigenvalue weighted by molar-refractivity contribution is -0.203. The van der Waals surface area contributed by atoms with Crippen LogP contribution in [0, 0.1) is 0 Å². The quantitative estimate of drug-likeness (QED) is 0.437. The second-order valence-corrected chi connectivity index (χ2v) is 3.45. The normalized spacial score (nSPS) is 35.0. The second-order valence-electron chi connectivity index (χ2n) is 3.45. The van der Waals surface area contributed by atoms with Crippen molar-refractivity contribution in [3.05, 3.63) is 0 Å². The summed E-state index contributed by atoms with van der Waals surface area (Å²) in [5.74, 6) is -3.16. The lowest BCUT2D eigenvalue weighted by atomic mass is 10.2. The van der Waals surface area contributed by atoms with E-state index in [1.807, 2.05) is 0 Å². The highest BCUT2D eigenvalue weighted by Crippen LogP contribution is 2.19. The zero-order valence-corrected chi connectivity index (χ0v) is 8.03. The molecule has 88 valence electrons. The van der Waals surface area contributed by atoms with Crippen LogP contribution >= 0.6 is 0 Å². The third-order valence-corrected chi connectivity index (χ3v) is 2.36. The van der Waals surface area contributed by atoms with Crippen molar-refractivity contribution in [3.63, 3.8) is 0 Å². The molecule has 0 aromatic rings. The molecule has 2 N–H and O–H groups in total. The molecule has 2 bridgehead atoms. The molecule has 8 nitrogen and oxygen atoms in total. The Morgan fingerprint density at radius 1 is 1.12 bits per heavy atom. The van der Waals surface area contributed by atoms with Gasteiger partial charge < -0.3 is 19.8 Å². The van der Waals surface area contributed by atoms with Crippen molar-refractivity contribution >= 4 is 17.8 Å². The van der Waals surface area contributed by atoms with Crippen molar-refractivity contribution in [2.24, 2.45) is 0 Å². The van der Waals surface area contributed by atoms with Gasteiger partial charge in [-0.25, -0.2) is 9.59 Å². The summed E-state index contributed by atoms with van der Waals surface area (Å²) >= 11 is 0. The van der Waals surface area contributed by atoms with Crippen molar-refractivity contribution in [1.82, 2.24) is 5.06 Å². The predicted molar refractivity (Wildman–Crippen MR) is 44.3 cm³/mol. The Hall–Kier alpha value is -1.67. The fraction of sp³-hybridized carbons (Fsp3) is 0.625. The minimum Gasteiger partial charge on any atom is -0.450 e. The maximum Gasteiger partial charge on any atom is 0.364 e. The Balaban J connectivity index is 2.27. The molecule has 2 aliphatic rings. The fourth-order valence-electron chi connectivity index (χ4n) is 1.46. The summed E-state index contributed by atoms with van der Waals surface area (Å²) in [4.78, 5) is 38.3. The number of hydrogen-bond donors (Lipinski definition) is 2. The number of hydroxylamine groups is 2. The Kier molecular flexibility index (Phi) is 2.52. The Morgan fingerprint density at radius 3 is 2.44 bits per heavy atom. The first kappa shape index (κ1) is 10.8. The van der Waals surface area contributed by atoms with E-state index in [1.165, 1.54) is 0 Å². The van der Waals surface area contributed by atoms with Crippen LogP contribution in [0.1, 0.15) is 6.42 Å². The number of hydrogen-bond acceptors (Lipinski definition) is 7. The van der Waals surface area contributed by atoms with Gasteiger partial charge in [-0.2, -0.15) is 5.06 Å². The van der Waals surface area contributed by atoms with E-state index in [0.29, 0.717) is 5.06 Å². The van der Waals surface area contributed by atoms with E-state index in [4.69, 9.17) is 0 Å². The van der Waals surface area contributed by atoms with Crippen LogP contribution in [-0.4, -0.2) is 58.0 Å². The molecular weight excluding hydrogens is 222 g/mol. The van der Waals surface area contributed by atoms with Gasteiger partial charge in [0.15, 0.2) is 18.3 Å². The van der Waals surface area contributed by atoms with Crippen molar-refractivity contribution in [1.29, 1.82) is 0 Å². The van der Waals surface area contributed by atoms with E-state index in [0.717, 1.165) is 0 Å². The molecule has 2 heterocycles. The number of ether oxygens (including phenoxy) is 1. The molecule has 2 rings (SSSR count). The topological polar surface area (TPSA) is 113 Å². The van der Waals surface area contributed by atoms with Crippen molar-refractivity contribution < 1.29 is 34.2 Å². The number of nitrogens with zero attached hydrogens (tertiary/aromatic N) is 1. The lowest BCUT2D eigenvalue weighted by Gasteiger charge is -2.17. The SMILES string of the molecule is O=C1OC2CCN(OC(=O)C(O)C1O)C2=O. The number of fused-ring (bicyclic) bond motifs is 2. The molecule has 2 saturated heterocycles. The summed E-state index contributed by atoms with van der Waals surface area (Å²) in [6.45, 7) is 0.0886. The van der Waals surface area contributed by atoms with Crippen LogP contribution in [0.25, 0.3) is 0 Å². The van der Waals surface area contributed by atoms with Crippen LogP contribution in [-0.2, 0) is 24.0 Å². The molecule has 16 heavy (non-hydrogen) atoms. The standard InChI is InChI=1S/C8H9NO7/c10-4-5(11)8(14)16-9-2-1-3(6(9)12)15-7(4)13/h3-5,10-11H,1-2H2. The van der Waals surface area contributed by atoms with Gasteiger partial charge in [-0.05, 0) is 0 Å². The van der Waals surface area contributed by atoms with E-state index >= 15 is 0 Å². The summed E-state index contributed by atoms with van der Waals surface area (Å²) in [5, 5.41) is 19.1. The van der Waals surface area contributed by atoms with Crippen molar-refractivity contribution in [2.75, 3.05) is 6.54 Å². The smallest absolute Gasteiger partial charge is 0.364 e. The first-order valence-electron chi connectivity index (χ1n) is 4.60. The first-order chi connectivity index (χ1) is 7.50. The Bertz CT molecular complexity index is 322. The predicted octanol–water partition coefficient (Wildman–Crippen LogP) is -2.68. The van der Waals surface area contributed by atoms with E-state index < -0.39 is 36.2 Å². The number of aliphatic hydroxyl groups is 2. The molecule has 8 heteroatoms. The molecule has 3 unspecified atom stereocenters. The number of rotatable bonds is 0. The highest BCUT2D eigenvalue weighted by molar-refractivity contribution is 5.91. The van der Waals surface area contributed by atoms with Gasteiger partial charge in [0, 0.05) is 6.42 Å². The third kappa shape index (κ3) is 1.61. The lowest BCUT2D eigenvalue weighted by Crippen LogP contribution is -2.43. The molecule has 0 aromatic carbocycles. The van der Waals surface area contributed by atoms with Crippen LogP contribution in [0.4, 0.5) is 0 Å². The monoisotopic (exact) mass is 231 g/mol. The van der Waals surface area contributed by atoms with E-state index in [2.05, 4.69) is 9.57 Å². The number of aliphatic hydroxyl groups excluding tert-OH is 2. The van der Waals surface area contributed by atoms with Gasteiger partial charge in [0.2, 0.25) is 0 Å². The molecule has 1 amide bonds. The summed E-state index contributed by atoms with van der Waals surface area (Å²) in [6.07, 6.45) is -4.98. The maximum absolute atomic E-state index is 11.4. The van der Waals surface area contributed by atoms with Gasteiger partial charge in [0.05, 0.1) is 6.54 Å². The molecule has 0 aromatic heterocycles. The zero-order valence-electron chi connectivity index (χ0n) is 8.03. The Labute approximate surface area is 89.3 Å². The van der Waals surface area contributed by atoms with Gasteiger partial charge in [0.1, 0.15) is 0 Å². The fourth-order valence-corrected chi connectivity index (χ4v) is 1.46. The summed E-state index contributed by atoms with van der Waals surface area (Å²) < 4.78 is 4.63. The van der Waals surface area contributed by atoms with Crippen molar-refractivity contribution in [3.8, 4) is 0 Å². The van der Waals surface area contributed by atoms with Crippen LogP contribution < -0.4 is 0 Å². The van der Waals surface area contributed by atoms with Gasteiger partial charge in [-0.3, -0.25) is 4.79 Å². The minimum atomic E-state index is -2.06. The zero-order chi connectivity index (χ0) is 11.9. The van der Waals surface area contributed by atoms with Gasteiger partial charge >= 0.3 is 11.9 Å². The largest absolute Gasteiger partial charge is 0.450 e. The third-order valence-electron chi connectivity index (χ3n) is 2.36. The van der Waals surface area contributed by atoms with Crippen LogP contribution in [0.15, 0.2) is 0 Å². The molecule has 0 saturated carbocycles. The minimum absolute atomic E-state index is 0.0886. The number of amides is 1. The highest BCUT2D eigenvalue weighted by atomic mass is 16.7. The van der Waals surface area contributed by atoms with Gasteiger partial charge in [0.25, 0.3) is 5.91 Å². The maximum atomic E-state index is 11.4. The highest BCUT2D eigenvalue weighted by Gasteiger charge is 2.44. The average molecular weight is 231 g/mol. The number of carbonyl (C=O) groups excluding carboxylic acids is 3. The van der Waals surface area contributed by atoms with Crippen LogP contribution in [0.2, 0.25) is 0 Å². The average Bonchev–Trinajstić information content (AvgIpc) is 2.59. The molecule has 3 atom stereocenters. The van der Waals surface area contributed by atoms with Gasteiger partial charge in [-0.1, -0.05) is 0 Å². The van der Waals surface area contributed by atoms with Crippen molar-refractivity contribution in [2.45, 2.75) is 24.7 Å². The van der Waals surface area contributed by atoms with Crippen LogP contribution in [0.3, 0.4) is 0 Å². The first-order valence-corrected chi connectivity index (χ1v) is 4.60. The molecule has 0 radical (unpaired) electrons. The number of esters is 1. The Morgan fingerprint density at radius 2 is 1.75 bits per heavy atom.